The van der Waals surface area contributed by atoms with E-state index in [-0.39, 0.29) is 24.1 Å². The third-order valence-corrected chi connectivity index (χ3v) is 2.94. The highest BCUT2D eigenvalue weighted by molar-refractivity contribution is 7.89. The minimum Gasteiger partial charge on any atom is -0.465 e. The van der Waals surface area contributed by atoms with Crippen LogP contribution in [0.3, 0.4) is 0 Å². The number of esters is 1. The van der Waals surface area contributed by atoms with E-state index in [1.54, 1.807) is 13.8 Å². The Balaban J connectivity index is 2.86. The molecule has 0 spiro atoms. The predicted molar refractivity (Wildman–Crippen MR) is 62.5 cm³/mol. The van der Waals surface area contributed by atoms with Crippen molar-refractivity contribution in [3.63, 3.8) is 0 Å². The molecule has 1 rings (SSSR count). The molecule has 0 saturated heterocycles. The third-order valence-electron chi connectivity index (χ3n) is 2.15. The van der Waals surface area contributed by atoms with Crippen LogP contribution in [0.4, 0.5) is 0 Å². The minimum absolute atomic E-state index is 0.0512. The van der Waals surface area contributed by atoms with Crippen LogP contribution in [-0.4, -0.2) is 37.4 Å². The Morgan fingerprint density at radius 2 is 2.11 bits per heavy atom. The van der Waals surface area contributed by atoms with Crippen LogP contribution in [0.1, 0.15) is 37.9 Å². The highest BCUT2D eigenvalue weighted by Gasteiger charge is 2.26. The van der Waals surface area contributed by atoms with E-state index in [0.717, 1.165) is 6.26 Å². The van der Waals surface area contributed by atoms with Gasteiger partial charge in [0.15, 0.2) is 15.7 Å². The van der Waals surface area contributed by atoms with Crippen molar-refractivity contribution in [2.45, 2.75) is 31.9 Å². The van der Waals surface area contributed by atoms with Gasteiger partial charge in [-0.05, 0) is 13.3 Å². The number of rotatable bonds is 6. The summed E-state index contributed by atoms with van der Waals surface area (Å²) in [7, 11) is -3.23. The molecule has 1 aromatic heterocycles. The summed E-state index contributed by atoms with van der Waals surface area (Å²) in [5, 5.41) is 3.54. The predicted octanol–water partition coefficient (Wildman–Crippen LogP) is 0.671. The lowest BCUT2D eigenvalue weighted by Gasteiger charge is -2.08. The average Bonchev–Trinajstić information content (AvgIpc) is 2.65. The maximum absolute atomic E-state index is 11.6. The molecular weight excluding hydrogens is 260 g/mol. The molecular formula is C10H16N2O5S. The van der Waals surface area contributed by atoms with E-state index in [9.17, 15) is 13.2 Å². The Morgan fingerprint density at radius 1 is 1.44 bits per heavy atom. The highest BCUT2D eigenvalue weighted by atomic mass is 32.2. The first-order valence-corrected chi connectivity index (χ1v) is 7.60. The van der Waals surface area contributed by atoms with Crippen molar-refractivity contribution in [2.24, 2.45) is 0 Å². The molecule has 1 unspecified atom stereocenters. The summed E-state index contributed by atoms with van der Waals surface area (Å²) in [6, 6.07) is 0. The fourth-order valence-corrected chi connectivity index (χ4v) is 1.97. The Labute approximate surface area is 105 Å². The van der Waals surface area contributed by atoms with E-state index < -0.39 is 21.7 Å². The Hall–Kier alpha value is -1.44. The fourth-order valence-electron chi connectivity index (χ4n) is 1.39. The van der Waals surface area contributed by atoms with Crippen LogP contribution in [0.5, 0.6) is 0 Å². The molecule has 1 aromatic rings. The lowest BCUT2D eigenvalue weighted by Crippen LogP contribution is -2.15. The van der Waals surface area contributed by atoms with Crippen molar-refractivity contribution < 1.29 is 22.5 Å². The summed E-state index contributed by atoms with van der Waals surface area (Å²) in [6.45, 7) is 3.75. The topological polar surface area (TPSA) is 99.4 Å². The number of hydrogen-bond donors (Lipinski definition) is 0. The maximum atomic E-state index is 11.6. The van der Waals surface area contributed by atoms with Gasteiger partial charge in [0.25, 0.3) is 0 Å². The summed E-state index contributed by atoms with van der Waals surface area (Å²) in [5.41, 5.74) is 0. The second kappa shape index (κ2) is 5.94. The number of carbonyl (C=O) groups is 1. The van der Waals surface area contributed by atoms with Crippen LogP contribution >= 0.6 is 0 Å². The average molecular weight is 276 g/mol. The molecule has 0 saturated carbocycles. The van der Waals surface area contributed by atoms with Crippen molar-refractivity contribution >= 4 is 15.8 Å². The zero-order chi connectivity index (χ0) is 13.8. The van der Waals surface area contributed by atoms with Crippen LogP contribution < -0.4 is 0 Å². The quantitative estimate of drug-likeness (QED) is 0.704. The van der Waals surface area contributed by atoms with Crippen molar-refractivity contribution in [3.05, 3.63) is 11.7 Å². The van der Waals surface area contributed by atoms with Gasteiger partial charge in [0, 0.05) is 6.26 Å². The van der Waals surface area contributed by atoms with Crippen LogP contribution in [0.15, 0.2) is 4.52 Å². The van der Waals surface area contributed by atoms with Crippen molar-refractivity contribution in [1.29, 1.82) is 0 Å². The summed E-state index contributed by atoms with van der Waals surface area (Å²) in [5.74, 6) is -1.26. The normalized spacial score (nSPS) is 13.3. The molecule has 0 radical (unpaired) electrons. The summed E-state index contributed by atoms with van der Waals surface area (Å²) in [4.78, 5) is 15.5. The van der Waals surface area contributed by atoms with Crippen LogP contribution in [0.25, 0.3) is 0 Å². The van der Waals surface area contributed by atoms with Crippen molar-refractivity contribution in [3.8, 4) is 0 Å². The second-order valence-electron chi connectivity index (χ2n) is 3.83. The first kappa shape index (κ1) is 14.6. The number of ether oxygens (including phenoxy) is 1. The summed E-state index contributed by atoms with van der Waals surface area (Å²) in [6.07, 6.45) is 1.52. The lowest BCUT2D eigenvalue weighted by molar-refractivity contribution is -0.145. The van der Waals surface area contributed by atoms with E-state index in [2.05, 4.69) is 10.1 Å². The van der Waals surface area contributed by atoms with Crippen LogP contribution in [0, 0.1) is 0 Å². The smallest absolute Gasteiger partial charge is 0.318 e. The monoisotopic (exact) mass is 276 g/mol. The number of sulfone groups is 1. The molecule has 1 atom stereocenters. The van der Waals surface area contributed by atoms with Crippen molar-refractivity contribution in [1.82, 2.24) is 10.1 Å². The largest absolute Gasteiger partial charge is 0.465 e. The van der Waals surface area contributed by atoms with Crippen molar-refractivity contribution in [2.75, 3.05) is 12.9 Å². The number of aromatic nitrogens is 2. The lowest BCUT2D eigenvalue weighted by atomic mass is 10.1. The van der Waals surface area contributed by atoms with Gasteiger partial charge in [0.05, 0.1) is 6.61 Å². The molecule has 0 fully saturated rings. The van der Waals surface area contributed by atoms with Gasteiger partial charge in [0.1, 0.15) is 11.7 Å². The van der Waals surface area contributed by atoms with Gasteiger partial charge in [0.2, 0.25) is 5.89 Å². The zero-order valence-corrected chi connectivity index (χ0v) is 11.4. The van der Waals surface area contributed by atoms with E-state index in [1.807, 2.05) is 0 Å². The molecule has 102 valence electrons. The van der Waals surface area contributed by atoms with Gasteiger partial charge in [-0.1, -0.05) is 12.1 Å². The van der Waals surface area contributed by atoms with Crippen LogP contribution in [0.2, 0.25) is 0 Å². The molecule has 0 aromatic carbocycles. The van der Waals surface area contributed by atoms with E-state index in [4.69, 9.17) is 9.26 Å². The first-order valence-electron chi connectivity index (χ1n) is 5.54. The molecule has 0 bridgehead atoms. The molecule has 0 aliphatic rings. The molecule has 0 amide bonds. The van der Waals surface area contributed by atoms with E-state index in [0.29, 0.717) is 6.42 Å². The van der Waals surface area contributed by atoms with Gasteiger partial charge >= 0.3 is 5.97 Å². The zero-order valence-electron chi connectivity index (χ0n) is 10.5. The van der Waals surface area contributed by atoms with Gasteiger partial charge in [-0.3, -0.25) is 4.79 Å². The van der Waals surface area contributed by atoms with Gasteiger partial charge in [-0.15, -0.1) is 0 Å². The molecule has 0 aliphatic carbocycles. The standard InChI is InChI=1S/C10H16N2O5S/c1-4-7(10(13)16-5-2)9-11-8(12-17-9)6-18(3,14)15/h7H,4-6H2,1-3H3. The maximum Gasteiger partial charge on any atom is 0.318 e. The molecule has 1 heterocycles. The molecule has 7 nitrogen and oxygen atoms in total. The van der Waals surface area contributed by atoms with Gasteiger partial charge in [-0.25, -0.2) is 8.42 Å². The van der Waals surface area contributed by atoms with Crippen LogP contribution in [-0.2, 0) is 25.1 Å². The fraction of sp³-hybridized carbons (Fsp3) is 0.700. The Kier molecular flexibility index (Phi) is 4.83. The molecule has 0 N–H and O–H groups in total. The SMILES string of the molecule is CCOC(=O)C(CC)c1nc(CS(C)(=O)=O)no1. The first-order chi connectivity index (χ1) is 8.37. The second-order valence-corrected chi connectivity index (χ2v) is 5.97. The number of hydrogen-bond acceptors (Lipinski definition) is 7. The Morgan fingerprint density at radius 3 is 2.61 bits per heavy atom. The van der Waals surface area contributed by atoms with E-state index >= 15 is 0 Å². The summed E-state index contributed by atoms with van der Waals surface area (Å²) >= 11 is 0. The Bertz CT molecular complexity index is 508. The number of nitrogens with zero attached hydrogens (tertiary/aromatic N) is 2. The molecule has 0 aliphatic heterocycles. The van der Waals surface area contributed by atoms with E-state index in [1.165, 1.54) is 0 Å². The highest BCUT2D eigenvalue weighted by Crippen LogP contribution is 2.19. The third kappa shape index (κ3) is 4.10. The molecule has 8 heteroatoms. The van der Waals surface area contributed by atoms with Gasteiger partial charge < -0.3 is 9.26 Å². The minimum atomic E-state index is -3.23. The van der Waals surface area contributed by atoms with Gasteiger partial charge in [-0.2, -0.15) is 4.98 Å². The molecule has 18 heavy (non-hydrogen) atoms. The number of carbonyl (C=O) groups excluding carboxylic acids is 1. The summed E-state index contributed by atoms with van der Waals surface area (Å²) < 4.78 is 31.9.